The van der Waals surface area contributed by atoms with Crippen LogP contribution in [0.2, 0.25) is 0 Å². The highest BCUT2D eigenvalue weighted by molar-refractivity contribution is 8.13. The summed E-state index contributed by atoms with van der Waals surface area (Å²) in [5.41, 5.74) is 0.690. The molecule has 0 fully saturated rings. The summed E-state index contributed by atoms with van der Waals surface area (Å²) in [7, 11) is 1.51. The van der Waals surface area contributed by atoms with Crippen LogP contribution < -0.4 is 0 Å². The second-order valence-corrected chi connectivity index (χ2v) is 7.10. The summed E-state index contributed by atoms with van der Waals surface area (Å²) < 4.78 is 24.8. The van der Waals surface area contributed by atoms with E-state index in [4.69, 9.17) is 10.7 Å². The standard InChI is InChI=1S/C13H16ClN3O2S/c1-3-7-10(2)12-15-16-13(20(14,18)19)17(12)11-8-5-4-6-9-11/h4-6,8-10H,3,7H2,1-2H3. The van der Waals surface area contributed by atoms with E-state index in [1.807, 2.05) is 25.1 Å². The normalized spacial score (nSPS) is 13.3. The molecule has 0 radical (unpaired) electrons. The summed E-state index contributed by atoms with van der Waals surface area (Å²) in [5, 5.41) is 7.55. The molecule has 0 aliphatic carbocycles. The van der Waals surface area contributed by atoms with Crippen molar-refractivity contribution in [3.63, 3.8) is 0 Å². The quantitative estimate of drug-likeness (QED) is 0.796. The van der Waals surface area contributed by atoms with Gasteiger partial charge in [0.1, 0.15) is 5.82 Å². The molecule has 2 rings (SSSR count). The van der Waals surface area contributed by atoms with Crippen LogP contribution in [0.15, 0.2) is 35.5 Å². The summed E-state index contributed by atoms with van der Waals surface area (Å²) in [6.45, 7) is 4.07. The van der Waals surface area contributed by atoms with E-state index in [9.17, 15) is 8.42 Å². The molecule has 0 N–H and O–H groups in total. The first-order valence-electron chi connectivity index (χ1n) is 6.40. The monoisotopic (exact) mass is 313 g/mol. The van der Waals surface area contributed by atoms with Crippen LogP contribution in [0.5, 0.6) is 0 Å². The zero-order valence-electron chi connectivity index (χ0n) is 11.3. The highest BCUT2D eigenvalue weighted by atomic mass is 35.7. The van der Waals surface area contributed by atoms with Crippen LogP contribution in [-0.4, -0.2) is 23.2 Å². The fourth-order valence-electron chi connectivity index (χ4n) is 2.14. The molecule has 0 amide bonds. The van der Waals surface area contributed by atoms with E-state index in [-0.39, 0.29) is 11.1 Å². The van der Waals surface area contributed by atoms with E-state index in [0.29, 0.717) is 11.5 Å². The lowest BCUT2D eigenvalue weighted by molar-refractivity contribution is 0.589. The topological polar surface area (TPSA) is 64.8 Å². The highest BCUT2D eigenvalue weighted by Gasteiger charge is 2.25. The van der Waals surface area contributed by atoms with Crippen molar-refractivity contribution in [3.8, 4) is 5.69 Å². The van der Waals surface area contributed by atoms with E-state index >= 15 is 0 Å². The number of hydrogen-bond donors (Lipinski definition) is 0. The zero-order valence-corrected chi connectivity index (χ0v) is 12.9. The smallest absolute Gasteiger partial charge is 0.269 e. The maximum absolute atomic E-state index is 11.7. The number of halogens is 1. The summed E-state index contributed by atoms with van der Waals surface area (Å²) in [5.74, 6) is 0.706. The van der Waals surface area contributed by atoms with Gasteiger partial charge >= 0.3 is 0 Å². The predicted octanol–water partition coefficient (Wildman–Crippen LogP) is 3.10. The van der Waals surface area contributed by atoms with Crippen molar-refractivity contribution < 1.29 is 8.42 Å². The first kappa shape index (κ1) is 15.0. The summed E-state index contributed by atoms with van der Waals surface area (Å²) in [4.78, 5) is 0. The Balaban J connectivity index is 2.64. The van der Waals surface area contributed by atoms with Crippen LogP contribution >= 0.6 is 10.7 Å². The molecule has 0 spiro atoms. The number of hydrogen-bond acceptors (Lipinski definition) is 4. The maximum Gasteiger partial charge on any atom is 0.297 e. The zero-order chi connectivity index (χ0) is 14.8. The average Bonchev–Trinajstić information content (AvgIpc) is 2.84. The number of para-hydroxylation sites is 1. The SMILES string of the molecule is CCCC(C)c1nnc(S(=O)(=O)Cl)n1-c1ccccc1. The minimum atomic E-state index is -3.95. The van der Waals surface area contributed by atoms with Gasteiger partial charge < -0.3 is 0 Å². The van der Waals surface area contributed by atoms with Crippen molar-refractivity contribution in [3.05, 3.63) is 36.2 Å². The fourth-order valence-corrected chi connectivity index (χ4v) is 3.00. The third kappa shape index (κ3) is 3.02. The lowest BCUT2D eigenvalue weighted by atomic mass is 10.1. The Bertz CT molecular complexity index is 683. The molecule has 0 aliphatic rings. The first-order chi connectivity index (χ1) is 9.45. The third-order valence-corrected chi connectivity index (χ3v) is 4.17. The van der Waals surface area contributed by atoms with E-state index in [2.05, 4.69) is 17.1 Å². The number of nitrogens with zero attached hydrogens (tertiary/aromatic N) is 3. The molecule has 0 saturated heterocycles. The van der Waals surface area contributed by atoms with Gasteiger partial charge in [-0.1, -0.05) is 38.5 Å². The second-order valence-electron chi connectivity index (χ2n) is 4.64. The van der Waals surface area contributed by atoms with Crippen molar-refractivity contribution in [2.24, 2.45) is 0 Å². The molecule has 2 aromatic rings. The molecule has 108 valence electrons. The average molecular weight is 314 g/mol. The summed E-state index contributed by atoms with van der Waals surface area (Å²) in [6.07, 6.45) is 1.87. The molecular weight excluding hydrogens is 298 g/mol. The predicted molar refractivity (Wildman–Crippen MR) is 77.7 cm³/mol. The van der Waals surface area contributed by atoms with Gasteiger partial charge in [-0.3, -0.25) is 4.57 Å². The van der Waals surface area contributed by atoms with Crippen molar-refractivity contribution in [1.29, 1.82) is 0 Å². The van der Waals surface area contributed by atoms with E-state index in [1.54, 1.807) is 12.1 Å². The molecule has 7 heteroatoms. The third-order valence-electron chi connectivity index (χ3n) is 3.05. The van der Waals surface area contributed by atoms with Crippen LogP contribution in [0.25, 0.3) is 5.69 Å². The Hall–Kier alpha value is -1.40. The van der Waals surface area contributed by atoms with Gasteiger partial charge in [-0.15, -0.1) is 10.2 Å². The second kappa shape index (κ2) is 5.93. The van der Waals surface area contributed by atoms with Gasteiger partial charge in [-0.05, 0) is 18.6 Å². The fraction of sp³-hybridized carbons (Fsp3) is 0.385. The lowest BCUT2D eigenvalue weighted by Crippen LogP contribution is -2.09. The Morgan fingerprint density at radius 2 is 1.90 bits per heavy atom. The molecular formula is C13H16ClN3O2S. The summed E-state index contributed by atoms with van der Waals surface area (Å²) in [6, 6.07) is 9.12. The van der Waals surface area contributed by atoms with Gasteiger partial charge in [-0.25, -0.2) is 8.42 Å². The Morgan fingerprint density at radius 1 is 1.25 bits per heavy atom. The van der Waals surface area contributed by atoms with Gasteiger partial charge in [-0.2, -0.15) is 0 Å². The molecule has 1 aromatic heterocycles. The highest BCUT2D eigenvalue weighted by Crippen LogP contribution is 2.26. The van der Waals surface area contributed by atoms with Gasteiger partial charge in [0.05, 0.1) is 0 Å². The van der Waals surface area contributed by atoms with Crippen LogP contribution in [0.3, 0.4) is 0 Å². The minimum absolute atomic E-state index is 0.0971. The van der Waals surface area contributed by atoms with Crippen LogP contribution in [0.4, 0.5) is 0 Å². The Labute approximate surface area is 123 Å². The van der Waals surface area contributed by atoms with E-state index in [0.717, 1.165) is 12.8 Å². The number of rotatable bonds is 5. The molecule has 1 heterocycles. The van der Waals surface area contributed by atoms with Crippen LogP contribution in [-0.2, 0) is 9.05 Å². The van der Waals surface area contributed by atoms with E-state index < -0.39 is 9.05 Å². The molecule has 0 bridgehead atoms. The van der Waals surface area contributed by atoms with Gasteiger partial charge in [0, 0.05) is 22.3 Å². The Morgan fingerprint density at radius 3 is 2.45 bits per heavy atom. The van der Waals surface area contributed by atoms with Crippen molar-refractivity contribution in [1.82, 2.24) is 14.8 Å². The van der Waals surface area contributed by atoms with Crippen LogP contribution in [0.1, 0.15) is 38.4 Å². The first-order valence-corrected chi connectivity index (χ1v) is 8.71. The van der Waals surface area contributed by atoms with Gasteiger partial charge in [0.25, 0.3) is 14.2 Å². The van der Waals surface area contributed by atoms with E-state index in [1.165, 1.54) is 4.57 Å². The van der Waals surface area contributed by atoms with Gasteiger partial charge in [0.2, 0.25) is 0 Å². The molecule has 1 aromatic carbocycles. The number of aromatic nitrogens is 3. The maximum atomic E-state index is 11.7. The molecule has 1 atom stereocenters. The minimum Gasteiger partial charge on any atom is -0.269 e. The summed E-state index contributed by atoms with van der Waals surface area (Å²) >= 11 is 0. The van der Waals surface area contributed by atoms with Gasteiger partial charge in [0.15, 0.2) is 0 Å². The number of benzene rings is 1. The molecule has 1 unspecified atom stereocenters. The van der Waals surface area contributed by atoms with Crippen molar-refractivity contribution in [2.75, 3.05) is 0 Å². The Kier molecular flexibility index (Phi) is 4.45. The molecule has 20 heavy (non-hydrogen) atoms. The van der Waals surface area contributed by atoms with Crippen molar-refractivity contribution >= 4 is 19.7 Å². The molecule has 0 saturated carbocycles. The lowest BCUT2D eigenvalue weighted by Gasteiger charge is -2.13. The largest absolute Gasteiger partial charge is 0.297 e. The van der Waals surface area contributed by atoms with Crippen LogP contribution in [0, 0.1) is 0 Å². The molecule has 0 aliphatic heterocycles. The molecule has 5 nitrogen and oxygen atoms in total. The van der Waals surface area contributed by atoms with Crippen molar-refractivity contribution in [2.45, 2.75) is 37.8 Å².